The number of aromatic nitrogens is 3. The Balaban J connectivity index is 1.66. The van der Waals surface area contributed by atoms with Crippen LogP contribution >= 0.6 is 15.9 Å². The summed E-state index contributed by atoms with van der Waals surface area (Å²) in [6.07, 6.45) is 3.53. The average Bonchev–Trinajstić information content (AvgIpc) is 3.24. The Hall–Kier alpha value is -1.63. The summed E-state index contributed by atoms with van der Waals surface area (Å²) in [6, 6.07) is 3.90. The standard InChI is InChI=1S/C15H18BrN3O3/c1-21-13(20)3-2-8-22-12-7-6-11-15(14(12)16)17-18-19(11)9-10-4-5-10/h6-7,10H,2-5,8-9H2,1H3. The summed E-state index contributed by atoms with van der Waals surface area (Å²) in [5.74, 6) is 1.25. The summed E-state index contributed by atoms with van der Waals surface area (Å²) >= 11 is 3.54. The van der Waals surface area contributed by atoms with Crippen molar-refractivity contribution in [2.75, 3.05) is 13.7 Å². The van der Waals surface area contributed by atoms with Gasteiger partial charge in [-0.1, -0.05) is 5.21 Å². The molecule has 1 saturated carbocycles. The normalized spacial score (nSPS) is 14.3. The molecule has 0 aliphatic heterocycles. The van der Waals surface area contributed by atoms with Crippen LogP contribution in [-0.2, 0) is 16.1 Å². The van der Waals surface area contributed by atoms with Crippen LogP contribution in [0.2, 0.25) is 0 Å². The fraction of sp³-hybridized carbons (Fsp3) is 0.533. The molecule has 118 valence electrons. The van der Waals surface area contributed by atoms with Gasteiger partial charge in [-0.2, -0.15) is 0 Å². The third-order valence-electron chi connectivity index (χ3n) is 3.73. The maximum Gasteiger partial charge on any atom is 0.305 e. The minimum atomic E-state index is -0.221. The number of esters is 1. The lowest BCUT2D eigenvalue weighted by molar-refractivity contribution is -0.140. The van der Waals surface area contributed by atoms with Crippen LogP contribution in [0.15, 0.2) is 16.6 Å². The third kappa shape index (κ3) is 3.40. The molecule has 1 fully saturated rings. The smallest absolute Gasteiger partial charge is 0.305 e. The molecule has 0 atom stereocenters. The highest BCUT2D eigenvalue weighted by molar-refractivity contribution is 9.10. The minimum absolute atomic E-state index is 0.221. The van der Waals surface area contributed by atoms with Crippen molar-refractivity contribution in [3.8, 4) is 5.75 Å². The summed E-state index contributed by atoms with van der Waals surface area (Å²) in [5.41, 5.74) is 1.83. The van der Waals surface area contributed by atoms with Gasteiger partial charge in [-0.05, 0) is 53.2 Å². The molecule has 0 radical (unpaired) electrons. The Morgan fingerprint density at radius 1 is 1.45 bits per heavy atom. The Morgan fingerprint density at radius 2 is 2.27 bits per heavy atom. The first-order valence-corrected chi connectivity index (χ1v) is 8.19. The van der Waals surface area contributed by atoms with Gasteiger partial charge in [0.25, 0.3) is 0 Å². The van der Waals surface area contributed by atoms with Crippen molar-refractivity contribution < 1.29 is 14.3 Å². The fourth-order valence-corrected chi connectivity index (χ4v) is 2.81. The summed E-state index contributed by atoms with van der Waals surface area (Å²) < 4.78 is 13.1. The van der Waals surface area contributed by atoms with Crippen molar-refractivity contribution >= 4 is 32.9 Å². The quantitative estimate of drug-likeness (QED) is 0.555. The van der Waals surface area contributed by atoms with E-state index >= 15 is 0 Å². The number of hydrogen-bond acceptors (Lipinski definition) is 5. The highest BCUT2D eigenvalue weighted by Crippen LogP contribution is 2.34. The first kappa shape index (κ1) is 15.3. The molecule has 0 N–H and O–H groups in total. The second-order valence-electron chi connectivity index (χ2n) is 5.49. The third-order valence-corrected chi connectivity index (χ3v) is 4.50. The number of methoxy groups -OCH3 is 1. The van der Waals surface area contributed by atoms with Crippen LogP contribution in [0.25, 0.3) is 11.0 Å². The minimum Gasteiger partial charge on any atom is -0.492 e. The molecule has 2 aromatic rings. The van der Waals surface area contributed by atoms with E-state index in [1.807, 2.05) is 16.8 Å². The highest BCUT2D eigenvalue weighted by atomic mass is 79.9. The molecular weight excluding hydrogens is 350 g/mol. The van der Waals surface area contributed by atoms with Gasteiger partial charge >= 0.3 is 5.97 Å². The Bertz CT molecular complexity index is 682. The molecule has 0 amide bonds. The van der Waals surface area contributed by atoms with Crippen LogP contribution in [0.1, 0.15) is 25.7 Å². The maximum atomic E-state index is 11.1. The van der Waals surface area contributed by atoms with Gasteiger partial charge in [0.15, 0.2) is 0 Å². The number of rotatable bonds is 7. The zero-order valence-electron chi connectivity index (χ0n) is 12.4. The van der Waals surface area contributed by atoms with E-state index in [0.717, 1.165) is 33.7 Å². The van der Waals surface area contributed by atoms with E-state index in [1.54, 1.807) is 0 Å². The van der Waals surface area contributed by atoms with Gasteiger partial charge in [0.05, 0.1) is 23.7 Å². The van der Waals surface area contributed by atoms with E-state index in [0.29, 0.717) is 19.4 Å². The van der Waals surface area contributed by atoms with Crippen LogP contribution in [0.5, 0.6) is 5.75 Å². The first-order chi connectivity index (χ1) is 10.7. The second-order valence-corrected chi connectivity index (χ2v) is 6.28. The predicted molar refractivity (Wildman–Crippen MR) is 84.7 cm³/mol. The number of nitrogens with zero attached hydrogens (tertiary/aromatic N) is 3. The molecule has 1 aromatic heterocycles. The average molecular weight is 368 g/mol. The number of fused-ring (bicyclic) bond motifs is 1. The van der Waals surface area contributed by atoms with Gasteiger partial charge < -0.3 is 9.47 Å². The molecular formula is C15H18BrN3O3. The second kappa shape index (κ2) is 6.64. The lowest BCUT2D eigenvalue weighted by Crippen LogP contribution is -2.05. The van der Waals surface area contributed by atoms with Crippen LogP contribution in [-0.4, -0.2) is 34.7 Å². The van der Waals surface area contributed by atoms with E-state index in [4.69, 9.17) is 4.74 Å². The first-order valence-electron chi connectivity index (χ1n) is 7.40. The van der Waals surface area contributed by atoms with Gasteiger partial charge in [0.1, 0.15) is 11.3 Å². The Kier molecular flexibility index (Phi) is 4.61. The molecule has 1 aliphatic carbocycles. The largest absolute Gasteiger partial charge is 0.492 e. The zero-order chi connectivity index (χ0) is 15.5. The SMILES string of the molecule is COC(=O)CCCOc1ccc2c(nnn2CC2CC2)c1Br. The summed E-state index contributed by atoms with van der Waals surface area (Å²) in [6.45, 7) is 1.39. The van der Waals surface area contributed by atoms with E-state index in [9.17, 15) is 4.79 Å². The maximum absolute atomic E-state index is 11.1. The molecule has 0 unspecified atom stereocenters. The van der Waals surface area contributed by atoms with E-state index in [-0.39, 0.29) is 5.97 Å². The van der Waals surface area contributed by atoms with Crippen molar-refractivity contribution in [2.24, 2.45) is 5.92 Å². The van der Waals surface area contributed by atoms with Gasteiger partial charge in [0, 0.05) is 13.0 Å². The monoisotopic (exact) mass is 367 g/mol. The van der Waals surface area contributed by atoms with Crippen LogP contribution in [0, 0.1) is 5.92 Å². The number of carbonyl (C=O) groups excluding carboxylic acids is 1. The number of carbonyl (C=O) groups is 1. The van der Waals surface area contributed by atoms with Crippen molar-refractivity contribution in [3.63, 3.8) is 0 Å². The van der Waals surface area contributed by atoms with Crippen molar-refractivity contribution in [1.82, 2.24) is 15.0 Å². The summed E-state index contributed by atoms with van der Waals surface area (Å²) in [7, 11) is 1.39. The van der Waals surface area contributed by atoms with Crippen molar-refractivity contribution in [1.29, 1.82) is 0 Å². The van der Waals surface area contributed by atoms with Crippen molar-refractivity contribution in [2.45, 2.75) is 32.2 Å². The molecule has 3 rings (SSSR count). The van der Waals surface area contributed by atoms with Gasteiger partial charge in [-0.15, -0.1) is 5.10 Å². The number of benzene rings is 1. The molecule has 1 aliphatic rings. The highest BCUT2D eigenvalue weighted by Gasteiger charge is 2.23. The molecule has 1 heterocycles. The molecule has 0 bridgehead atoms. The van der Waals surface area contributed by atoms with Crippen LogP contribution < -0.4 is 4.74 Å². The Morgan fingerprint density at radius 3 is 3.00 bits per heavy atom. The van der Waals surface area contributed by atoms with E-state index in [2.05, 4.69) is 31.0 Å². The number of halogens is 1. The lowest BCUT2D eigenvalue weighted by atomic mass is 10.3. The van der Waals surface area contributed by atoms with Crippen LogP contribution in [0.3, 0.4) is 0 Å². The topological polar surface area (TPSA) is 66.2 Å². The van der Waals surface area contributed by atoms with E-state index in [1.165, 1.54) is 20.0 Å². The van der Waals surface area contributed by atoms with Gasteiger partial charge in [0.2, 0.25) is 0 Å². The van der Waals surface area contributed by atoms with Gasteiger partial charge in [-0.25, -0.2) is 4.68 Å². The zero-order valence-corrected chi connectivity index (χ0v) is 14.0. The number of hydrogen-bond donors (Lipinski definition) is 0. The summed E-state index contributed by atoms with van der Waals surface area (Å²) in [4.78, 5) is 11.1. The van der Waals surface area contributed by atoms with Crippen molar-refractivity contribution in [3.05, 3.63) is 16.6 Å². The van der Waals surface area contributed by atoms with Crippen LogP contribution in [0.4, 0.5) is 0 Å². The molecule has 22 heavy (non-hydrogen) atoms. The predicted octanol–water partition coefficient (Wildman–Crippen LogP) is 2.94. The molecule has 1 aromatic carbocycles. The van der Waals surface area contributed by atoms with E-state index < -0.39 is 0 Å². The molecule has 7 heteroatoms. The fourth-order valence-electron chi connectivity index (χ4n) is 2.28. The molecule has 0 saturated heterocycles. The number of ether oxygens (including phenoxy) is 2. The summed E-state index contributed by atoms with van der Waals surface area (Å²) in [5, 5.41) is 8.47. The van der Waals surface area contributed by atoms with Gasteiger partial charge in [-0.3, -0.25) is 4.79 Å². The molecule has 6 nitrogen and oxygen atoms in total. The molecule has 0 spiro atoms. The Labute approximate surface area is 136 Å². The lowest BCUT2D eigenvalue weighted by Gasteiger charge is -2.08.